The highest BCUT2D eigenvalue weighted by Gasteiger charge is 2.27. The van der Waals surface area contributed by atoms with Crippen LogP contribution in [-0.4, -0.2) is 38.3 Å². The number of nitrogens with zero attached hydrogens (tertiary/aromatic N) is 1. The van der Waals surface area contributed by atoms with Gasteiger partial charge < -0.3 is 15.4 Å². The summed E-state index contributed by atoms with van der Waals surface area (Å²) in [6, 6.07) is 5.33. The number of ether oxygens (including phenoxy) is 1. The summed E-state index contributed by atoms with van der Waals surface area (Å²) in [6.07, 6.45) is -4.98. The third-order valence-corrected chi connectivity index (χ3v) is 2.85. The molecule has 0 bridgehead atoms. The second kappa shape index (κ2) is 7.91. The first-order valence-corrected chi connectivity index (χ1v) is 6.47. The molecule has 0 amide bonds. The van der Waals surface area contributed by atoms with E-state index < -0.39 is 12.6 Å². The molecule has 1 aromatic carbocycles. The maximum Gasteiger partial charge on any atom is 0.390 e. The van der Waals surface area contributed by atoms with Crippen molar-refractivity contribution in [3.8, 4) is 17.6 Å². The summed E-state index contributed by atoms with van der Waals surface area (Å²) in [6.45, 7) is 0.529. The standard InChI is InChI=1S/C15H19F3N2O/c1-20(9-7-15(16,17)18)11-13-10-14(21-2)6-5-12(13)4-3-8-19/h5-6,10H,7-9,11,19H2,1-2H3. The molecule has 116 valence electrons. The maximum absolute atomic E-state index is 12.2. The van der Waals surface area contributed by atoms with Crippen LogP contribution < -0.4 is 10.5 Å². The van der Waals surface area contributed by atoms with Crippen LogP contribution in [-0.2, 0) is 6.54 Å². The van der Waals surface area contributed by atoms with Gasteiger partial charge in [0.05, 0.1) is 20.1 Å². The lowest BCUT2D eigenvalue weighted by molar-refractivity contribution is -0.137. The fraction of sp³-hybridized carbons (Fsp3) is 0.467. The minimum atomic E-state index is -4.15. The summed E-state index contributed by atoms with van der Waals surface area (Å²) in [5.41, 5.74) is 6.92. The van der Waals surface area contributed by atoms with Gasteiger partial charge in [-0.15, -0.1) is 0 Å². The first-order valence-electron chi connectivity index (χ1n) is 6.47. The van der Waals surface area contributed by atoms with Crippen molar-refractivity contribution in [3.05, 3.63) is 29.3 Å². The van der Waals surface area contributed by atoms with E-state index in [1.807, 2.05) is 0 Å². The van der Waals surface area contributed by atoms with Gasteiger partial charge in [-0.25, -0.2) is 0 Å². The number of rotatable bonds is 5. The molecule has 0 saturated heterocycles. The number of benzene rings is 1. The topological polar surface area (TPSA) is 38.5 Å². The summed E-state index contributed by atoms with van der Waals surface area (Å²) < 4.78 is 41.8. The van der Waals surface area contributed by atoms with E-state index in [0.717, 1.165) is 11.1 Å². The lowest BCUT2D eigenvalue weighted by Crippen LogP contribution is -2.24. The second-order valence-electron chi connectivity index (χ2n) is 4.63. The summed E-state index contributed by atoms with van der Waals surface area (Å²) in [5, 5.41) is 0. The van der Waals surface area contributed by atoms with Crippen LogP contribution >= 0.6 is 0 Å². The van der Waals surface area contributed by atoms with E-state index in [9.17, 15) is 13.2 Å². The van der Waals surface area contributed by atoms with Gasteiger partial charge in [-0.2, -0.15) is 13.2 Å². The smallest absolute Gasteiger partial charge is 0.390 e. The van der Waals surface area contributed by atoms with Gasteiger partial charge >= 0.3 is 6.18 Å². The molecule has 0 radical (unpaired) electrons. The number of nitrogens with two attached hydrogens (primary N) is 1. The number of hydrogen-bond donors (Lipinski definition) is 1. The molecule has 1 aromatic rings. The molecule has 0 saturated carbocycles. The van der Waals surface area contributed by atoms with E-state index in [4.69, 9.17) is 10.5 Å². The number of alkyl halides is 3. The zero-order chi connectivity index (χ0) is 15.9. The summed E-state index contributed by atoms with van der Waals surface area (Å²) in [5.74, 6) is 6.32. The molecule has 0 aromatic heterocycles. The SMILES string of the molecule is COc1ccc(C#CCN)c(CN(C)CCC(F)(F)F)c1. The fourth-order valence-corrected chi connectivity index (χ4v) is 1.78. The van der Waals surface area contributed by atoms with E-state index in [1.54, 1.807) is 30.1 Å². The van der Waals surface area contributed by atoms with Gasteiger partial charge in [-0.3, -0.25) is 0 Å². The van der Waals surface area contributed by atoms with Gasteiger partial charge in [0.2, 0.25) is 0 Å². The Labute approximate surface area is 122 Å². The van der Waals surface area contributed by atoms with Crippen molar-refractivity contribution in [3.63, 3.8) is 0 Å². The fourth-order valence-electron chi connectivity index (χ4n) is 1.78. The van der Waals surface area contributed by atoms with Crippen molar-refractivity contribution >= 4 is 0 Å². The molecule has 0 spiro atoms. The first-order chi connectivity index (χ1) is 9.85. The average molecular weight is 300 g/mol. The summed E-state index contributed by atoms with van der Waals surface area (Å²) in [7, 11) is 3.18. The van der Waals surface area contributed by atoms with Crippen molar-refractivity contribution in [2.45, 2.75) is 19.1 Å². The minimum Gasteiger partial charge on any atom is -0.497 e. The Bertz CT molecular complexity index is 518. The lowest BCUT2D eigenvalue weighted by Gasteiger charge is -2.19. The van der Waals surface area contributed by atoms with Crippen LogP contribution in [0, 0.1) is 11.8 Å². The predicted molar refractivity (Wildman–Crippen MR) is 75.9 cm³/mol. The van der Waals surface area contributed by atoms with Crippen molar-refractivity contribution in [1.29, 1.82) is 0 Å². The molecule has 21 heavy (non-hydrogen) atoms. The monoisotopic (exact) mass is 300 g/mol. The third-order valence-electron chi connectivity index (χ3n) is 2.85. The Kier molecular flexibility index (Phi) is 6.53. The van der Waals surface area contributed by atoms with Gasteiger partial charge in [0.1, 0.15) is 5.75 Å². The van der Waals surface area contributed by atoms with Gasteiger partial charge in [-0.1, -0.05) is 11.8 Å². The van der Waals surface area contributed by atoms with E-state index >= 15 is 0 Å². The molecular weight excluding hydrogens is 281 g/mol. The second-order valence-corrected chi connectivity index (χ2v) is 4.63. The molecule has 0 unspecified atom stereocenters. The average Bonchev–Trinajstić information content (AvgIpc) is 2.43. The summed E-state index contributed by atoms with van der Waals surface area (Å²) >= 11 is 0. The number of hydrogen-bond acceptors (Lipinski definition) is 3. The van der Waals surface area contributed by atoms with Crippen LogP contribution in [0.4, 0.5) is 13.2 Å². The van der Waals surface area contributed by atoms with Crippen LogP contribution in [0.15, 0.2) is 18.2 Å². The van der Waals surface area contributed by atoms with Gasteiger partial charge in [-0.05, 0) is 30.8 Å². The van der Waals surface area contributed by atoms with E-state index in [0.29, 0.717) is 12.3 Å². The Balaban J connectivity index is 2.83. The van der Waals surface area contributed by atoms with Gasteiger partial charge in [0.25, 0.3) is 0 Å². The van der Waals surface area contributed by atoms with Crippen molar-refractivity contribution in [1.82, 2.24) is 4.90 Å². The molecular formula is C15H19F3N2O. The molecule has 0 heterocycles. The third kappa shape index (κ3) is 6.52. The Morgan fingerprint density at radius 1 is 1.33 bits per heavy atom. The van der Waals surface area contributed by atoms with Crippen LogP contribution in [0.2, 0.25) is 0 Å². The predicted octanol–water partition coefficient (Wildman–Crippen LogP) is 2.39. The van der Waals surface area contributed by atoms with Gasteiger partial charge in [0.15, 0.2) is 0 Å². The van der Waals surface area contributed by atoms with Crippen molar-refractivity contribution in [2.24, 2.45) is 5.73 Å². The molecule has 6 heteroatoms. The van der Waals surface area contributed by atoms with Crippen molar-refractivity contribution in [2.75, 3.05) is 27.2 Å². The van der Waals surface area contributed by atoms with E-state index in [1.165, 1.54) is 7.11 Å². The molecule has 1 rings (SSSR count). The molecule has 0 fully saturated rings. The molecule has 0 aliphatic carbocycles. The first kappa shape index (κ1) is 17.3. The lowest BCUT2D eigenvalue weighted by atomic mass is 10.1. The van der Waals surface area contributed by atoms with Crippen LogP contribution in [0.5, 0.6) is 5.75 Å². The highest BCUT2D eigenvalue weighted by Crippen LogP contribution is 2.22. The maximum atomic E-state index is 12.2. The van der Waals surface area contributed by atoms with Crippen LogP contribution in [0.1, 0.15) is 17.5 Å². The number of methoxy groups -OCH3 is 1. The van der Waals surface area contributed by atoms with Crippen LogP contribution in [0.25, 0.3) is 0 Å². The van der Waals surface area contributed by atoms with Gasteiger partial charge in [0, 0.05) is 18.7 Å². The highest BCUT2D eigenvalue weighted by atomic mass is 19.4. The Morgan fingerprint density at radius 3 is 2.62 bits per heavy atom. The Morgan fingerprint density at radius 2 is 2.05 bits per heavy atom. The zero-order valence-electron chi connectivity index (χ0n) is 12.1. The van der Waals surface area contributed by atoms with Crippen LogP contribution in [0.3, 0.4) is 0 Å². The van der Waals surface area contributed by atoms with Crippen molar-refractivity contribution < 1.29 is 17.9 Å². The number of halogens is 3. The summed E-state index contributed by atoms with van der Waals surface area (Å²) in [4.78, 5) is 1.61. The zero-order valence-corrected chi connectivity index (χ0v) is 12.1. The minimum absolute atomic E-state index is 0.0650. The molecule has 0 atom stereocenters. The highest BCUT2D eigenvalue weighted by molar-refractivity contribution is 5.45. The Hall–Kier alpha value is -1.71. The molecule has 2 N–H and O–H groups in total. The van der Waals surface area contributed by atoms with E-state index in [2.05, 4.69) is 11.8 Å². The normalized spacial score (nSPS) is 11.2. The van der Waals surface area contributed by atoms with E-state index in [-0.39, 0.29) is 13.1 Å². The quantitative estimate of drug-likeness (QED) is 0.849. The molecule has 3 nitrogen and oxygen atoms in total. The molecule has 0 aliphatic rings. The largest absolute Gasteiger partial charge is 0.497 e. The molecule has 0 aliphatic heterocycles.